The Kier molecular flexibility index (Phi) is 6.62. The molecule has 1 atom stereocenters. The van der Waals surface area contributed by atoms with E-state index in [1.807, 2.05) is 42.1 Å². The first-order chi connectivity index (χ1) is 12.8. The Morgan fingerprint density at radius 3 is 2.96 bits per heavy atom. The van der Waals surface area contributed by atoms with Crippen LogP contribution in [0.1, 0.15) is 24.3 Å². The third-order valence-corrected chi connectivity index (χ3v) is 5.17. The summed E-state index contributed by atoms with van der Waals surface area (Å²) in [6, 6.07) is 12.1. The maximum absolute atomic E-state index is 10.5. The highest BCUT2D eigenvalue weighted by atomic mass is 32.1. The second-order valence-electron chi connectivity index (χ2n) is 5.97. The largest absolute Gasteiger partial charge is 0.386 e. The van der Waals surface area contributed by atoms with Crippen LogP contribution in [0.5, 0.6) is 0 Å². The predicted octanol–water partition coefficient (Wildman–Crippen LogP) is 2.78. The fourth-order valence-corrected chi connectivity index (χ4v) is 3.70. The van der Waals surface area contributed by atoms with Crippen LogP contribution in [0.25, 0.3) is 10.1 Å². The molecule has 1 aromatic carbocycles. The minimum atomic E-state index is -0.591. The predicted molar refractivity (Wildman–Crippen MR) is 108 cm³/mol. The molecule has 3 N–H and O–H groups in total. The van der Waals surface area contributed by atoms with Gasteiger partial charge in [0.2, 0.25) is 0 Å². The van der Waals surface area contributed by atoms with Crippen molar-refractivity contribution >= 4 is 27.4 Å². The standard InChI is InChI=1S/C19H25N5OS/c1-2-20-19(21-9-5-11-24-12-6-10-23-24)22-14-16(25)18-13-15-7-3-4-8-17(15)26-18/h3-4,6-8,10,12-13,16,25H,2,5,9,11,14H2,1H3,(H2,20,21,22). The summed E-state index contributed by atoms with van der Waals surface area (Å²) in [4.78, 5) is 5.47. The van der Waals surface area contributed by atoms with Gasteiger partial charge in [0.05, 0.1) is 6.54 Å². The number of hydrogen-bond acceptors (Lipinski definition) is 4. The van der Waals surface area contributed by atoms with Crippen molar-refractivity contribution in [2.45, 2.75) is 26.0 Å². The quantitative estimate of drug-likeness (QED) is 0.323. The Balaban J connectivity index is 1.52. The highest BCUT2D eigenvalue weighted by Gasteiger charge is 2.11. The summed E-state index contributed by atoms with van der Waals surface area (Å²) in [5.41, 5.74) is 0. The maximum Gasteiger partial charge on any atom is 0.191 e. The summed E-state index contributed by atoms with van der Waals surface area (Å²) in [5, 5.41) is 22.4. The number of rotatable bonds is 8. The van der Waals surface area contributed by atoms with Crippen molar-refractivity contribution in [1.82, 2.24) is 20.4 Å². The highest BCUT2D eigenvalue weighted by molar-refractivity contribution is 7.19. The first-order valence-electron chi connectivity index (χ1n) is 8.92. The van der Waals surface area contributed by atoms with Crippen molar-refractivity contribution in [2.75, 3.05) is 19.6 Å². The molecule has 0 aliphatic heterocycles. The van der Waals surface area contributed by atoms with Gasteiger partial charge >= 0.3 is 0 Å². The van der Waals surface area contributed by atoms with Crippen molar-refractivity contribution in [3.05, 3.63) is 53.7 Å². The van der Waals surface area contributed by atoms with E-state index in [1.165, 1.54) is 10.1 Å². The van der Waals surface area contributed by atoms with Crippen molar-refractivity contribution in [2.24, 2.45) is 4.99 Å². The molecule has 7 heteroatoms. The summed E-state index contributed by atoms with van der Waals surface area (Å²) < 4.78 is 3.10. The van der Waals surface area contributed by atoms with Crippen LogP contribution >= 0.6 is 11.3 Å². The molecule has 0 aliphatic carbocycles. The number of nitrogens with one attached hydrogen (secondary N) is 2. The lowest BCUT2D eigenvalue weighted by molar-refractivity contribution is 0.191. The molecule has 0 radical (unpaired) electrons. The van der Waals surface area contributed by atoms with E-state index >= 15 is 0 Å². The molecule has 0 bridgehead atoms. The molecule has 26 heavy (non-hydrogen) atoms. The molecule has 2 aromatic heterocycles. The Labute approximate surface area is 157 Å². The Morgan fingerprint density at radius 1 is 1.31 bits per heavy atom. The van der Waals surface area contributed by atoms with E-state index in [9.17, 15) is 5.11 Å². The number of guanidine groups is 1. The summed E-state index contributed by atoms with van der Waals surface area (Å²) in [6.45, 7) is 4.81. The van der Waals surface area contributed by atoms with Gasteiger partial charge in [0.1, 0.15) is 6.10 Å². The first kappa shape index (κ1) is 18.4. The summed E-state index contributed by atoms with van der Waals surface area (Å²) >= 11 is 1.62. The van der Waals surface area contributed by atoms with Gasteiger partial charge in [0.25, 0.3) is 0 Å². The molecule has 0 saturated heterocycles. The third kappa shape index (κ3) is 5.06. The number of benzene rings is 1. The van der Waals surface area contributed by atoms with E-state index in [0.717, 1.165) is 36.9 Å². The molecule has 0 saturated carbocycles. The van der Waals surface area contributed by atoms with Gasteiger partial charge in [-0.1, -0.05) is 18.2 Å². The molecule has 0 amide bonds. The lowest BCUT2D eigenvalue weighted by atomic mass is 10.2. The number of aromatic nitrogens is 2. The molecule has 3 aromatic rings. The topological polar surface area (TPSA) is 74.5 Å². The SMILES string of the molecule is CCNC(=NCC(O)c1cc2ccccc2s1)NCCCn1cccn1. The minimum Gasteiger partial charge on any atom is -0.386 e. The first-order valence-corrected chi connectivity index (χ1v) is 9.74. The molecule has 0 fully saturated rings. The lowest BCUT2D eigenvalue weighted by Gasteiger charge is -2.12. The van der Waals surface area contributed by atoms with Gasteiger partial charge in [-0.3, -0.25) is 9.67 Å². The van der Waals surface area contributed by atoms with Crippen LogP contribution in [0.2, 0.25) is 0 Å². The molecule has 2 heterocycles. The molecular weight excluding hydrogens is 346 g/mol. The number of aliphatic hydroxyl groups is 1. The molecule has 138 valence electrons. The van der Waals surface area contributed by atoms with Crippen LogP contribution in [-0.2, 0) is 6.54 Å². The maximum atomic E-state index is 10.5. The highest BCUT2D eigenvalue weighted by Crippen LogP contribution is 2.29. The molecule has 0 spiro atoms. The number of aryl methyl sites for hydroxylation is 1. The number of nitrogens with zero attached hydrogens (tertiary/aromatic N) is 3. The van der Waals surface area contributed by atoms with Gasteiger partial charge in [-0.25, -0.2) is 0 Å². The smallest absolute Gasteiger partial charge is 0.191 e. The molecule has 1 unspecified atom stereocenters. The summed E-state index contributed by atoms with van der Waals surface area (Å²) in [5.74, 6) is 0.730. The van der Waals surface area contributed by atoms with Gasteiger partial charge < -0.3 is 15.7 Å². The number of fused-ring (bicyclic) bond motifs is 1. The molecule has 6 nitrogen and oxygen atoms in total. The van der Waals surface area contributed by atoms with E-state index in [2.05, 4.69) is 32.9 Å². The van der Waals surface area contributed by atoms with Crippen LogP contribution in [0.15, 0.2) is 53.8 Å². The van der Waals surface area contributed by atoms with E-state index < -0.39 is 6.10 Å². The van der Waals surface area contributed by atoms with Crippen molar-refractivity contribution in [3.8, 4) is 0 Å². The van der Waals surface area contributed by atoms with Crippen molar-refractivity contribution in [3.63, 3.8) is 0 Å². The van der Waals surface area contributed by atoms with Crippen molar-refractivity contribution in [1.29, 1.82) is 0 Å². The minimum absolute atomic E-state index is 0.335. The summed E-state index contributed by atoms with van der Waals surface area (Å²) in [7, 11) is 0. The number of aliphatic hydroxyl groups excluding tert-OH is 1. The van der Waals surface area contributed by atoms with Gasteiger partial charge in [-0.05, 0) is 36.9 Å². The van der Waals surface area contributed by atoms with E-state index in [4.69, 9.17) is 0 Å². The van der Waals surface area contributed by atoms with E-state index in [1.54, 1.807) is 17.5 Å². The summed E-state index contributed by atoms with van der Waals surface area (Å²) in [6.07, 6.45) is 4.10. The Bertz CT molecular complexity index is 794. The Hall–Kier alpha value is -2.38. The number of aliphatic imine (C=N–C) groups is 1. The average Bonchev–Trinajstić information content (AvgIpc) is 3.32. The zero-order valence-corrected chi connectivity index (χ0v) is 15.7. The van der Waals surface area contributed by atoms with Crippen LogP contribution in [0, 0.1) is 0 Å². The van der Waals surface area contributed by atoms with E-state index in [0.29, 0.717) is 6.54 Å². The third-order valence-electron chi connectivity index (χ3n) is 3.96. The normalized spacial score (nSPS) is 13.1. The fourth-order valence-electron chi connectivity index (χ4n) is 2.66. The van der Waals surface area contributed by atoms with Crippen LogP contribution in [-0.4, -0.2) is 40.5 Å². The second-order valence-corrected chi connectivity index (χ2v) is 7.09. The van der Waals surface area contributed by atoms with Gasteiger partial charge in [0, 0.05) is 41.6 Å². The Morgan fingerprint density at radius 2 is 2.19 bits per heavy atom. The van der Waals surface area contributed by atoms with Crippen LogP contribution in [0.3, 0.4) is 0 Å². The lowest BCUT2D eigenvalue weighted by Crippen LogP contribution is -2.38. The van der Waals surface area contributed by atoms with Gasteiger partial charge in [-0.15, -0.1) is 11.3 Å². The zero-order chi connectivity index (χ0) is 18.2. The van der Waals surface area contributed by atoms with Crippen LogP contribution < -0.4 is 10.6 Å². The van der Waals surface area contributed by atoms with Gasteiger partial charge in [-0.2, -0.15) is 5.10 Å². The number of hydrogen-bond donors (Lipinski definition) is 3. The average molecular weight is 372 g/mol. The number of thiophene rings is 1. The van der Waals surface area contributed by atoms with Crippen LogP contribution in [0.4, 0.5) is 0 Å². The molecular formula is C19H25N5OS. The van der Waals surface area contributed by atoms with Gasteiger partial charge in [0.15, 0.2) is 5.96 Å². The molecule has 0 aliphatic rings. The zero-order valence-electron chi connectivity index (χ0n) is 14.9. The van der Waals surface area contributed by atoms with E-state index in [-0.39, 0.29) is 0 Å². The van der Waals surface area contributed by atoms with Crippen molar-refractivity contribution < 1.29 is 5.11 Å². The monoisotopic (exact) mass is 371 g/mol. The fraction of sp³-hybridized carbons (Fsp3) is 0.368. The second kappa shape index (κ2) is 9.35. The molecule has 3 rings (SSSR count).